The van der Waals surface area contributed by atoms with E-state index in [1.807, 2.05) is 31.2 Å². The monoisotopic (exact) mass is 321 g/mol. The lowest BCUT2D eigenvalue weighted by Gasteiger charge is -2.18. The second kappa shape index (κ2) is 7.68. The topological polar surface area (TPSA) is 57.6 Å². The van der Waals surface area contributed by atoms with Gasteiger partial charge in [-0.2, -0.15) is 11.8 Å². The van der Waals surface area contributed by atoms with Crippen molar-refractivity contribution in [2.45, 2.75) is 26.2 Å². The van der Waals surface area contributed by atoms with Gasteiger partial charge in [0.05, 0.1) is 11.7 Å². The van der Waals surface area contributed by atoms with Crippen molar-refractivity contribution in [1.29, 1.82) is 0 Å². The van der Waals surface area contributed by atoms with Crippen LogP contribution in [0, 0.1) is 12.8 Å². The number of aryl methyl sites for hydroxylation is 1. The van der Waals surface area contributed by atoms with Gasteiger partial charge in [0.25, 0.3) is 0 Å². The highest BCUT2D eigenvalue weighted by Gasteiger charge is 2.40. The van der Waals surface area contributed by atoms with Gasteiger partial charge in [-0.05, 0) is 30.2 Å². The van der Waals surface area contributed by atoms with Crippen LogP contribution in [0.5, 0.6) is 0 Å². The number of carboxylic acid groups (broad SMARTS) is 1. The number of likely N-dealkylation sites (tertiary alicyclic amines) is 1. The minimum atomic E-state index is -0.815. The van der Waals surface area contributed by atoms with Crippen LogP contribution in [0.25, 0.3) is 0 Å². The fourth-order valence-corrected chi connectivity index (χ4v) is 3.76. The van der Waals surface area contributed by atoms with Gasteiger partial charge in [0.2, 0.25) is 5.91 Å². The van der Waals surface area contributed by atoms with Crippen molar-refractivity contribution >= 4 is 23.6 Å². The lowest BCUT2D eigenvalue weighted by molar-refractivity contribution is -0.141. The van der Waals surface area contributed by atoms with Crippen molar-refractivity contribution in [2.75, 3.05) is 24.6 Å². The zero-order chi connectivity index (χ0) is 16.1. The number of carboxylic acids is 1. The van der Waals surface area contributed by atoms with Gasteiger partial charge in [-0.15, -0.1) is 0 Å². The van der Waals surface area contributed by atoms with Crippen molar-refractivity contribution in [1.82, 2.24) is 4.90 Å². The van der Waals surface area contributed by atoms with Crippen molar-refractivity contribution in [2.24, 2.45) is 5.92 Å². The van der Waals surface area contributed by atoms with Crippen LogP contribution in [-0.4, -0.2) is 46.5 Å². The number of amides is 1. The minimum Gasteiger partial charge on any atom is -0.481 e. The fraction of sp³-hybridized carbons (Fsp3) is 0.529. The van der Waals surface area contributed by atoms with Gasteiger partial charge in [-0.1, -0.05) is 31.2 Å². The molecule has 1 aliphatic rings. The molecule has 2 atom stereocenters. The summed E-state index contributed by atoms with van der Waals surface area (Å²) in [5.74, 6) is 0.0229. The summed E-state index contributed by atoms with van der Waals surface area (Å²) in [7, 11) is 0. The highest BCUT2D eigenvalue weighted by Crippen LogP contribution is 2.34. The molecule has 4 nitrogen and oxygen atoms in total. The lowest BCUT2D eigenvalue weighted by Crippen LogP contribution is -2.31. The molecule has 2 unspecified atom stereocenters. The first kappa shape index (κ1) is 16.9. The van der Waals surface area contributed by atoms with Crippen LogP contribution in [0.4, 0.5) is 0 Å². The van der Waals surface area contributed by atoms with Crippen LogP contribution in [0.2, 0.25) is 0 Å². The molecule has 1 aromatic carbocycles. The fourth-order valence-electron chi connectivity index (χ4n) is 2.97. The number of thioether (sulfide) groups is 1. The number of carbonyl (C=O) groups is 2. The molecule has 0 aliphatic carbocycles. The maximum absolute atomic E-state index is 12.3. The van der Waals surface area contributed by atoms with Gasteiger partial charge in [0.1, 0.15) is 0 Å². The summed E-state index contributed by atoms with van der Waals surface area (Å²) in [4.78, 5) is 25.6. The van der Waals surface area contributed by atoms with Gasteiger partial charge in [-0.25, -0.2) is 0 Å². The van der Waals surface area contributed by atoms with Crippen LogP contribution < -0.4 is 0 Å². The van der Waals surface area contributed by atoms with Crippen LogP contribution in [0.15, 0.2) is 24.3 Å². The number of nitrogens with zero attached hydrogens (tertiary/aromatic N) is 1. The Morgan fingerprint density at radius 2 is 2.05 bits per heavy atom. The predicted molar refractivity (Wildman–Crippen MR) is 89.2 cm³/mol. The summed E-state index contributed by atoms with van der Waals surface area (Å²) in [6.45, 7) is 4.91. The van der Waals surface area contributed by atoms with Gasteiger partial charge in [0, 0.05) is 19.0 Å². The zero-order valence-electron chi connectivity index (χ0n) is 13.1. The molecule has 0 bridgehead atoms. The molecule has 120 valence electrons. The molecule has 5 heteroatoms. The normalized spacial score (nSPS) is 21.1. The van der Waals surface area contributed by atoms with Crippen LogP contribution in [0.3, 0.4) is 0 Å². The van der Waals surface area contributed by atoms with Gasteiger partial charge in [0.15, 0.2) is 0 Å². The van der Waals surface area contributed by atoms with Crippen LogP contribution >= 0.6 is 11.8 Å². The van der Waals surface area contributed by atoms with Crippen LogP contribution in [-0.2, 0) is 9.59 Å². The summed E-state index contributed by atoms with van der Waals surface area (Å²) in [6, 6.07) is 7.86. The van der Waals surface area contributed by atoms with Crippen molar-refractivity contribution in [3.05, 3.63) is 35.4 Å². The molecule has 0 saturated carbocycles. The summed E-state index contributed by atoms with van der Waals surface area (Å²) >= 11 is 1.62. The Morgan fingerprint density at radius 1 is 1.32 bits per heavy atom. The van der Waals surface area contributed by atoms with E-state index in [1.165, 1.54) is 0 Å². The molecule has 2 rings (SSSR count). The lowest BCUT2D eigenvalue weighted by atomic mass is 9.86. The van der Waals surface area contributed by atoms with E-state index >= 15 is 0 Å². The molecule has 1 aliphatic heterocycles. The Labute approximate surface area is 135 Å². The molecule has 0 spiro atoms. The third kappa shape index (κ3) is 3.83. The molecule has 1 N–H and O–H groups in total. The number of hydrogen-bond donors (Lipinski definition) is 1. The van der Waals surface area contributed by atoms with Gasteiger partial charge >= 0.3 is 5.97 Å². The second-order valence-electron chi connectivity index (χ2n) is 5.76. The standard InChI is InChI=1S/C17H23NO3S/c1-3-8-22-11-16(19)18-9-14(15(10-18)17(20)21)13-7-5-4-6-12(13)2/h4-7,14-15H,3,8-11H2,1-2H3,(H,20,21). The summed E-state index contributed by atoms with van der Waals surface area (Å²) in [5.41, 5.74) is 2.14. The largest absolute Gasteiger partial charge is 0.481 e. The number of hydrogen-bond acceptors (Lipinski definition) is 3. The number of carbonyl (C=O) groups excluding carboxylic acids is 1. The summed E-state index contributed by atoms with van der Waals surface area (Å²) in [6.07, 6.45) is 1.04. The third-order valence-corrected chi connectivity index (χ3v) is 5.30. The Hall–Kier alpha value is -1.49. The molecule has 0 radical (unpaired) electrons. The summed E-state index contributed by atoms with van der Waals surface area (Å²) in [5, 5.41) is 9.51. The third-order valence-electron chi connectivity index (χ3n) is 4.15. The second-order valence-corrected chi connectivity index (χ2v) is 6.86. The first-order chi connectivity index (χ1) is 10.5. The van der Waals surface area contributed by atoms with Crippen molar-refractivity contribution in [3.63, 3.8) is 0 Å². The maximum Gasteiger partial charge on any atom is 0.308 e. The van der Waals surface area contributed by atoms with Crippen molar-refractivity contribution < 1.29 is 14.7 Å². The molecular formula is C17H23NO3S. The van der Waals surface area contributed by atoms with Gasteiger partial charge < -0.3 is 10.0 Å². The Bertz CT molecular complexity index is 546. The molecule has 22 heavy (non-hydrogen) atoms. The molecule has 0 aromatic heterocycles. The van der Waals surface area contributed by atoms with E-state index in [4.69, 9.17) is 0 Å². The SMILES string of the molecule is CCCSCC(=O)N1CC(C(=O)O)C(c2ccccc2C)C1. The van der Waals surface area contributed by atoms with E-state index in [0.29, 0.717) is 18.8 Å². The average Bonchev–Trinajstić information content (AvgIpc) is 2.93. The van der Waals surface area contributed by atoms with E-state index in [2.05, 4.69) is 6.92 Å². The average molecular weight is 321 g/mol. The molecular weight excluding hydrogens is 298 g/mol. The zero-order valence-corrected chi connectivity index (χ0v) is 13.9. The Balaban J connectivity index is 2.12. The van der Waals surface area contributed by atoms with E-state index in [-0.39, 0.29) is 11.8 Å². The van der Waals surface area contributed by atoms with E-state index in [1.54, 1.807) is 16.7 Å². The van der Waals surface area contributed by atoms with E-state index < -0.39 is 11.9 Å². The number of aliphatic carboxylic acids is 1. The first-order valence-corrected chi connectivity index (χ1v) is 8.84. The Kier molecular flexibility index (Phi) is 5.89. The van der Waals surface area contributed by atoms with Crippen molar-refractivity contribution in [3.8, 4) is 0 Å². The van der Waals surface area contributed by atoms with Crippen LogP contribution in [0.1, 0.15) is 30.4 Å². The highest BCUT2D eigenvalue weighted by molar-refractivity contribution is 7.99. The summed E-state index contributed by atoms with van der Waals surface area (Å²) < 4.78 is 0. The first-order valence-electron chi connectivity index (χ1n) is 7.68. The van der Waals surface area contributed by atoms with Gasteiger partial charge in [-0.3, -0.25) is 9.59 Å². The number of rotatable bonds is 6. The highest BCUT2D eigenvalue weighted by atomic mass is 32.2. The number of benzene rings is 1. The Morgan fingerprint density at radius 3 is 2.68 bits per heavy atom. The minimum absolute atomic E-state index is 0.0563. The quantitative estimate of drug-likeness (QED) is 0.819. The molecule has 1 heterocycles. The molecule has 1 fully saturated rings. The van der Waals surface area contributed by atoms with E-state index in [0.717, 1.165) is 23.3 Å². The smallest absolute Gasteiger partial charge is 0.308 e. The maximum atomic E-state index is 12.3. The molecule has 1 saturated heterocycles. The van der Waals surface area contributed by atoms with E-state index in [9.17, 15) is 14.7 Å². The predicted octanol–water partition coefficient (Wildman–Crippen LogP) is 2.76. The molecule has 1 aromatic rings. The molecule has 1 amide bonds.